The van der Waals surface area contributed by atoms with Crippen molar-refractivity contribution in [2.75, 3.05) is 0 Å². The van der Waals surface area contributed by atoms with Gasteiger partial charge in [-0.3, -0.25) is 4.79 Å². The quantitative estimate of drug-likeness (QED) is 0.607. The lowest BCUT2D eigenvalue weighted by Crippen LogP contribution is -2.02. The molecule has 0 radical (unpaired) electrons. The van der Waals surface area contributed by atoms with E-state index in [0.29, 0.717) is 0 Å². The van der Waals surface area contributed by atoms with Crippen LogP contribution in [0.4, 0.5) is 0 Å². The maximum absolute atomic E-state index is 11.5. The van der Waals surface area contributed by atoms with E-state index < -0.39 is 0 Å². The summed E-state index contributed by atoms with van der Waals surface area (Å²) in [5.41, 5.74) is 4.21. The molecular weight excluding hydrogens is 332 g/mol. The Kier molecular flexibility index (Phi) is 3.97. The van der Waals surface area contributed by atoms with Gasteiger partial charge in [-0.05, 0) is 41.8 Å². The zero-order valence-electron chi connectivity index (χ0n) is 14.1. The number of hydrogen-bond acceptors (Lipinski definition) is 4. The van der Waals surface area contributed by atoms with Gasteiger partial charge in [0.1, 0.15) is 0 Å². The molecule has 6 heteroatoms. The Bertz CT molecular complexity index is 1070. The van der Waals surface area contributed by atoms with Gasteiger partial charge < -0.3 is 4.98 Å². The minimum absolute atomic E-state index is 0.0225. The van der Waals surface area contributed by atoms with Crippen molar-refractivity contribution in [1.29, 1.82) is 0 Å². The van der Waals surface area contributed by atoms with Crippen molar-refractivity contribution >= 4 is 21.6 Å². The van der Waals surface area contributed by atoms with Gasteiger partial charge >= 0.3 is 4.87 Å². The molecule has 25 heavy (non-hydrogen) atoms. The van der Waals surface area contributed by atoms with E-state index in [0.717, 1.165) is 33.7 Å². The lowest BCUT2D eigenvalue weighted by atomic mass is 9.98. The zero-order valence-corrected chi connectivity index (χ0v) is 14.9. The fourth-order valence-electron chi connectivity index (χ4n) is 2.86. The molecule has 126 valence electrons. The molecule has 3 aromatic heterocycles. The summed E-state index contributed by atoms with van der Waals surface area (Å²) >= 11 is 1.24. The molecule has 0 aliphatic carbocycles. The van der Waals surface area contributed by atoms with Crippen LogP contribution in [0, 0.1) is 0 Å². The Labute approximate surface area is 149 Å². The van der Waals surface area contributed by atoms with E-state index in [-0.39, 0.29) is 10.8 Å². The summed E-state index contributed by atoms with van der Waals surface area (Å²) in [6, 6.07) is 12.2. The van der Waals surface area contributed by atoms with Crippen molar-refractivity contribution in [2.45, 2.75) is 26.2 Å². The van der Waals surface area contributed by atoms with Crippen LogP contribution in [0.5, 0.6) is 0 Å². The van der Waals surface area contributed by atoms with Crippen LogP contribution in [0.2, 0.25) is 0 Å². The van der Waals surface area contributed by atoms with Crippen LogP contribution in [-0.4, -0.2) is 19.7 Å². The Morgan fingerprint density at radius 1 is 1.24 bits per heavy atom. The fraction of sp³-hybridized carbons (Fsp3) is 0.211. The number of aryl methyl sites for hydroxylation is 1. The van der Waals surface area contributed by atoms with Gasteiger partial charge in [-0.2, -0.15) is 5.10 Å². The lowest BCUT2D eigenvalue weighted by molar-refractivity contribution is 0.779. The molecule has 4 aromatic rings. The second-order valence-electron chi connectivity index (χ2n) is 6.06. The van der Waals surface area contributed by atoms with E-state index in [2.05, 4.69) is 41.0 Å². The van der Waals surface area contributed by atoms with Gasteiger partial charge in [-0.15, -0.1) is 0 Å². The fourth-order valence-corrected chi connectivity index (χ4v) is 3.64. The Balaban J connectivity index is 1.64. The SMILES string of the molecule is CCc1ccc(-n2ccc(C(C)c3ccc4[nH]c(=O)sc4c3)n2)nc1. The third kappa shape index (κ3) is 3.00. The lowest BCUT2D eigenvalue weighted by Gasteiger charge is -2.09. The average molecular weight is 350 g/mol. The van der Waals surface area contributed by atoms with E-state index in [1.54, 1.807) is 4.68 Å². The second-order valence-corrected chi connectivity index (χ2v) is 7.07. The number of thiazole rings is 1. The summed E-state index contributed by atoms with van der Waals surface area (Å²) < 4.78 is 2.78. The molecule has 0 amide bonds. The van der Waals surface area contributed by atoms with E-state index in [1.807, 2.05) is 36.7 Å². The van der Waals surface area contributed by atoms with Crippen molar-refractivity contribution in [1.82, 2.24) is 19.7 Å². The molecular formula is C19H18N4OS. The van der Waals surface area contributed by atoms with E-state index >= 15 is 0 Å². The molecule has 4 rings (SSSR count). The summed E-state index contributed by atoms with van der Waals surface area (Å²) in [5.74, 6) is 0.952. The summed E-state index contributed by atoms with van der Waals surface area (Å²) in [5, 5.41) is 4.69. The van der Waals surface area contributed by atoms with Gasteiger partial charge in [0.05, 0.1) is 15.9 Å². The molecule has 5 nitrogen and oxygen atoms in total. The monoisotopic (exact) mass is 350 g/mol. The number of aromatic amines is 1. The molecule has 3 heterocycles. The van der Waals surface area contributed by atoms with Crippen LogP contribution in [0.3, 0.4) is 0 Å². The highest BCUT2D eigenvalue weighted by atomic mass is 32.1. The molecule has 0 aliphatic rings. The largest absolute Gasteiger partial charge is 0.312 e. The van der Waals surface area contributed by atoms with Crippen molar-refractivity contribution in [3.05, 3.63) is 75.3 Å². The molecule has 0 aliphatic heterocycles. The van der Waals surface area contributed by atoms with E-state index in [4.69, 9.17) is 0 Å². The van der Waals surface area contributed by atoms with Crippen molar-refractivity contribution in [3.8, 4) is 5.82 Å². The maximum Gasteiger partial charge on any atom is 0.305 e. The summed E-state index contributed by atoms with van der Waals surface area (Å²) in [6.45, 7) is 4.24. The molecule has 1 unspecified atom stereocenters. The number of hydrogen-bond donors (Lipinski definition) is 1. The topological polar surface area (TPSA) is 63.6 Å². The predicted molar refractivity (Wildman–Crippen MR) is 101 cm³/mol. The molecule has 1 N–H and O–H groups in total. The van der Waals surface area contributed by atoms with Crippen LogP contribution in [0.25, 0.3) is 16.0 Å². The molecule has 0 bridgehead atoms. The van der Waals surface area contributed by atoms with Gasteiger partial charge in [0.15, 0.2) is 5.82 Å². The van der Waals surface area contributed by atoms with Crippen LogP contribution >= 0.6 is 11.3 Å². The first-order valence-corrected chi connectivity index (χ1v) is 9.09. The van der Waals surface area contributed by atoms with Crippen molar-refractivity contribution in [2.24, 2.45) is 0 Å². The van der Waals surface area contributed by atoms with Crippen LogP contribution in [-0.2, 0) is 6.42 Å². The maximum atomic E-state index is 11.5. The standard InChI is InChI=1S/C19H18N4OS/c1-3-13-4-7-18(20-11-13)23-9-8-15(22-23)12(2)14-5-6-16-17(10-14)25-19(24)21-16/h4-12H,3H2,1-2H3,(H,21,24). The highest BCUT2D eigenvalue weighted by Crippen LogP contribution is 2.26. The normalized spacial score (nSPS) is 12.6. The van der Waals surface area contributed by atoms with Crippen molar-refractivity contribution in [3.63, 3.8) is 0 Å². The molecule has 1 atom stereocenters. The van der Waals surface area contributed by atoms with Gasteiger partial charge in [0.25, 0.3) is 0 Å². The number of nitrogens with one attached hydrogen (secondary N) is 1. The smallest absolute Gasteiger partial charge is 0.305 e. The first kappa shape index (κ1) is 15.8. The van der Waals surface area contributed by atoms with Gasteiger partial charge in [-0.1, -0.05) is 37.3 Å². The van der Waals surface area contributed by atoms with Gasteiger partial charge in [0.2, 0.25) is 0 Å². The van der Waals surface area contributed by atoms with Crippen LogP contribution in [0.15, 0.2) is 53.6 Å². The first-order chi connectivity index (χ1) is 12.1. The first-order valence-electron chi connectivity index (χ1n) is 8.27. The van der Waals surface area contributed by atoms with Gasteiger partial charge in [-0.25, -0.2) is 9.67 Å². The van der Waals surface area contributed by atoms with E-state index in [1.165, 1.54) is 16.9 Å². The third-order valence-corrected chi connectivity index (χ3v) is 5.30. The Morgan fingerprint density at radius 2 is 2.12 bits per heavy atom. The Morgan fingerprint density at radius 3 is 2.88 bits per heavy atom. The Hall–Kier alpha value is -2.73. The second kappa shape index (κ2) is 6.29. The average Bonchev–Trinajstić information content (AvgIpc) is 3.26. The molecule has 0 saturated heterocycles. The predicted octanol–water partition coefficient (Wildman–Crippen LogP) is 3.88. The van der Waals surface area contributed by atoms with E-state index in [9.17, 15) is 4.79 Å². The number of nitrogens with zero attached hydrogens (tertiary/aromatic N) is 3. The number of aromatic nitrogens is 4. The minimum Gasteiger partial charge on any atom is -0.312 e. The number of benzene rings is 1. The van der Waals surface area contributed by atoms with Crippen LogP contribution < -0.4 is 4.87 Å². The highest BCUT2D eigenvalue weighted by molar-refractivity contribution is 7.16. The van der Waals surface area contributed by atoms with Gasteiger partial charge in [0, 0.05) is 18.3 Å². The number of fused-ring (bicyclic) bond motifs is 1. The van der Waals surface area contributed by atoms with Crippen molar-refractivity contribution < 1.29 is 0 Å². The summed E-state index contributed by atoms with van der Waals surface area (Å²) in [7, 11) is 0. The summed E-state index contributed by atoms with van der Waals surface area (Å²) in [6.07, 6.45) is 4.80. The summed E-state index contributed by atoms with van der Waals surface area (Å²) in [4.78, 5) is 18.8. The molecule has 0 fully saturated rings. The number of H-pyrrole nitrogens is 1. The minimum atomic E-state index is -0.0225. The van der Waals surface area contributed by atoms with Crippen LogP contribution in [0.1, 0.15) is 36.6 Å². The zero-order chi connectivity index (χ0) is 17.4. The number of rotatable bonds is 4. The third-order valence-electron chi connectivity index (χ3n) is 4.45. The highest BCUT2D eigenvalue weighted by Gasteiger charge is 2.14. The molecule has 1 aromatic carbocycles. The molecule has 0 spiro atoms. The number of pyridine rings is 1. The molecule has 0 saturated carbocycles.